The maximum absolute atomic E-state index is 11.5. The molecule has 1 fully saturated rings. The van der Waals surface area contributed by atoms with Crippen LogP contribution in [0.2, 0.25) is 0 Å². The van der Waals surface area contributed by atoms with Crippen molar-refractivity contribution >= 4 is 40.3 Å². The lowest BCUT2D eigenvalue weighted by Gasteiger charge is -2.30. The number of rotatable bonds is 8. The first-order chi connectivity index (χ1) is 17.1. The molecule has 3 aromatic carbocycles. The topological polar surface area (TPSA) is 66.2 Å². The first kappa shape index (κ1) is 23.3. The second kappa shape index (κ2) is 10.5. The second-order valence-corrected chi connectivity index (χ2v) is 9.66. The Labute approximate surface area is 209 Å². The number of hydrogen-bond donors (Lipinski definition) is 1. The molecule has 0 radical (unpaired) electrons. The van der Waals surface area contributed by atoms with E-state index in [1.807, 2.05) is 24.3 Å². The Balaban J connectivity index is 1.40. The van der Waals surface area contributed by atoms with Crippen LogP contribution >= 0.6 is 11.9 Å². The van der Waals surface area contributed by atoms with Gasteiger partial charge in [-0.15, -0.1) is 0 Å². The zero-order valence-corrected chi connectivity index (χ0v) is 20.5. The van der Waals surface area contributed by atoms with Crippen molar-refractivity contribution in [2.75, 3.05) is 42.1 Å². The quantitative estimate of drug-likeness (QED) is 0.304. The van der Waals surface area contributed by atoms with Gasteiger partial charge in [0.25, 0.3) is 0 Å². The summed E-state index contributed by atoms with van der Waals surface area (Å²) >= 11 is 1.65. The van der Waals surface area contributed by atoms with Gasteiger partial charge in [0, 0.05) is 46.9 Å². The van der Waals surface area contributed by atoms with Gasteiger partial charge in [-0.3, -0.25) is 0 Å². The molecule has 5 rings (SSSR count). The zero-order chi connectivity index (χ0) is 24.2. The van der Waals surface area contributed by atoms with Crippen LogP contribution in [0.3, 0.4) is 0 Å². The Bertz CT molecular complexity index is 1300. The van der Waals surface area contributed by atoms with Crippen LogP contribution < -0.4 is 9.21 Å². The number of morpholine rings is 1. The number of fused-ring (bicyclic) bond motifs is 1. The molecule has 1 saturated heterocycles. The molecular weight excluding hydrogens is 460 g/mol. The molecule has 0 unspecified atom stereocenters. The highest BCUT2D eigenvalue weighted by Crippen LogP contribution is 2.34. The maximum Gasteiger partial charge on any atom is 0.372 e. The van der Waals surface area contributed by atoms with Crippen LogP contribution in [0.4, 0.5) is 11.4 Å². The molecule has 1 aromatic heterocycles. The van der Waals surface area contributed by atoms with E-state index in [4.69, 9.17) is 9.15 Å². The van der Waals surface area contributed by atoms with Gasteiger partial charge in [0.2, 0.25) is 5.76 Å². The number of ether oxygens (including phenoxy) is 1. The second-order valence-electron chi connectivity index (χ2n) is 8.56. The number of carbonyl (C=O) groups is 1. The van der Waals surface area contributed by atoms with Crippen molar-refractivity contribution in [3.05, 3.63) is 89.7 Å². The Kier molecular flexibility index (Phi) is 6.97. The van der Waals surface area contributed by atoms with Crippen molar-refractivity contribution in [3.8, 4) is 0 Å². The number of aromatic carboxylic acids is 1. The Morgan fingerprint density at radius 2 is 1.77 bits per heavy atom. The number of carboxylic acid groups (broad SMARTS) is 1. The smallest absolute Gasteiger partial charge is 0.372 e. The highest BCUT2D eigenvalue weighted by Gasteiger charge is 2.18. The summed E-state index contributed by atoms with van der Waals surface area (Å²) in [6.07, 6.45) is 0.912. The van der Waals surface area contributed by atoms with Crippen LogP contribution in [0.1, 0.15) is 21.7 Å². The number of nitrogens with zero attached hydrogens (tertiary/aromatic N) is 2. The highest BCUT2D eigenvalue weighted by atomic mass is 32.2. The molecule has 0 bridgehead atoms. The summed E-state index contributed by atoms with van der Waals surface area (Å²) < 4.78 is 13.3. The van der Waals surface area contributed by atoms with E-state index in [9.17, 15) is 9.90 Å². The van der Waals surface area contributed by atoms with Gasteiger partial charge in [-0.25, -0.2) is 4.79 Å². The molecule has 6 nitrogen and oxygen atoms in total. The lowest BCUT2D eigenvalue weighted by Crippen LogP contribution is -2.36. The standard InChI is InChI=1S/C28H28N2O4S/c1-20-25-19-24(11-12-26(25)34-27(20)28(31)32)35-30(14-13-21-5-3-2-4-6-21)23-9-7-22(8-10-23)29-15-17-33-18-16-29/h2-12,19H,13-18H2,1H3,(H,31,32). The molecule has 0 saturated carbocycles. The molecule has 0 spiro atoms. The first-order valence-corrected chi connectivity index (χ1v) is 12.5. The third kappa shape index (κ3) is 5.31. The van der Waals surface area contributed by atoms with E-state index >= 15 is 0 Å². The van der Waals surface area contributed by atoms with Crippen molar-refractivity contribution in [2.45, 2.75) is 18.2 Å². The third-order valence-corrected chi connectivity index (χ3v) is 7.36. The number of benzene rings is 3. The lowest BCUT2D eigenvalue weighted by molar-refractivity contribution is 0.0664. The van der Waals surface area contributed by atoms with Crippen molar-refractivity contribution in [1.29, 1.82) is 0 Å². The van der Waals surface area contributed by atoms with E-state index in [0.29, 0.717) is 11.1 Å². The van der Waals surface area contributed by atoms with E-state index in [1.165, 1.54) is 11.3 Å². The third-order valence-electron chi connectivity index (χ3n) is 6.28. The van der Waals surface area contributed by atoms with Crippen molar-refractivity contribution in [3.63, 3.8) is 0 Å². The summed E-state index contributed by atoms with van der Waals surface area (Å²) in [5.41, 5.74) is 4.87. The summed E-state index contributed by atoms with van der Waals surface area (Å²) in [5.74, 6) is -1.04. The average molecular weight is 489 g/mol. The fourth-order valence-corrected chi connectivity index (χ4v) is 5.31. The van der Waals surface area contributed by atoms with Crippen molar-refractivity contribution in [1.82, 2.24) is 0 Å². The lowest BCUT2D eigenvalue weighted by atomic mass is 10.1. The molecule has 0 amide bonds. The van der Waals surface area contributed by atoms with Crippen LogP contribution in [0, 0.1) is 6.92 Å². The largest absolute Gasteiger partial charge is 0.475 e. The Morgan fingerprint density at radius 1 is 1.03 bits per heavy atom. The van der Waals surface area contributed by atoms with Gasteiger partial charge in [-0.05, 0) is 73.3 Å². The molecule has 2 heterocycles. The molecule has 1 aliphatic rings. The van der Waals surface area contributed by atoms with E-state index in [1.54, 1.807) is 18.9 Å². The number of hydrogen-bond acceptors (Lipinski definition) is 6. The molecule has 0 aliphatic carbocycles. The SMILES string of the molecule is Cc1c(C(=O)O)oc2ccc(SN(CCc3ccccc3)c3ccc(N4CCOCC4)cc3)cc12. The van der Waals surface area contributed by atoms with Gasteiger partial charge in [0.1, 0.15) is 5.58 Å². The molecule has 0 atom stereocenters. The predicted octanol–water partition coefficient (Wildman–Crippen LogP) is 6.03. The van der Waals surface area contributed by atoms with E-state index < -0.39 is 5.97 Å². The van der Waals surface area contributed by atoms with Crippen molar-refractivity contribution < 1.29 is 19.1 Å². The van der Waals surface area contributed by atoms with Crippen LogP contribution in [-0.4, -0.2) is 43.9 Å². The van der Waals surface area contributed by atoms with E-state index in [0.717, 1.165) is 55.2 Å². The van der Waals surface area contributed by atoms with Gasteiger partial charge in [0.05, 0.1) is 13.2 Å². The summed E-state index contributed by atoms with van der Waals surface area (Å²) in [6.45, 7) is 5.97. The number of carboxylic acids is 1. The summed E-state index contributed by atoms with van der Waals surface area (Å²) in [5, 5.41) is 10.2. The Morgan fingerprint density at radius 3 is 2.49 bits per heavy atom. The molecule has 4 aromatic rings. The molecule has 1 aliphatic heterocycles. The fraction of sp³-hybridized carbons (Fsp3) is 0.250. The average Bonchev–Trinajstić information content (AvgIpc) is 3.24. The molecule has 1 N–H and O–H groups in total. The van der Waals surface area contributed by atoms with Crippen LogP contribution in [0.15, 0.2) is 82.1 Å². The van der Waals surface area contributed by atoms with Gasteiger partial charge in [-0.1, -0.05) is 30.3 Å². The zero-order valence-electron chi connectivity index (χ0n) is 19.6. The number of aryl methyl sites for hydroxylation is 1. The normalized spacial score (nSPS) is 13.8. The Hall–Kier alpha value is -3.42. The van der Waals surface area contributed by atoms with Gasteiger partial charge < -0.3 is 23.5 Å². The number of furan rings is 1. The summed E-state index contributed by atoms with van der Waals surface area (Å²) in [6, 6.07) is 25.0. The van der Waals surface area contributed by atoms with Gasteiger partial charge >= 0.3 is 5.97 Å². The molecular formula is C28H28N2O4S. The minimum atomic E-state index is -1.04. The minimum absolute atomic E-state index is 0.00165. The monoisotopic (exact) mass is 488 g/mol. The summed E-state index contributed by atoms with van der Waals surface area (Å²) in [7, 11) is 0. The molecule has 35 heavy (non-hydrogen) atoms. The minimum Gasteiger partial charge on any atom is -0.475 e. The van der Waals surface area contributed by atoms with Crippen LogP contribution in [-0.2, 0) is 11.2 Å². The van der Waals surface area contributed by atoms with Crippen LogP contribution in [0.25, 0.3) is 11.0 Å². The first-order valence-electron chi connectivity index (χ1n) is 11.8. The molecule has 7 heteroatoms. The van der Waals surface area contributed by atoms with Crippen LogP contribution in [0.5, 0.6) is 0 Å². The van der Waals surface area contributed by atoms with E-state index in [2.05, 4.69) is 57.7 Å². The van der Waals surface area contributed by atoms with Gasteiger partial charge in [0.15, 0.2) is 0 Å². The number of anilines is 2. The van der Waals surface area contributed by atoms with Crippen molar-refractivity contribution in [2.24, 2.45) is 0 Å². The van der Waals surface area contributed by atoms with E-state index in [-0.39, 0.29) is 5.76 Å². The highest BCUT2D eigenvalue weighted by molar-refractivity contribution is 8.00. The predicted molar refractivity (Wildman–Crippen MR) is 141 cm³/mol. The summed E-state index contributed by atoms with van der Waals surface area (Å²) in [4.78, 5) is 14.9. The maximum atomic E-state index is 11.5. The molecule has 180 valence electrons. The van der Waals surface area contributed by atoms with Gasteiger partial charge in [-0.2, -0.15) is 0 Å². The fourth-order valence-electron chi connectivity index (χ4n) is 4.34.